The van der Waals surface area contributed by atoms with E-state index in [1.807, 2.05) is 0 Å². The molecule has 1 unspecified atom stereocenters. The fraction of sp³-hybridized carbons (Fsp3) is 0.579. The number of anilines is 1. The highest BCUT2D eigenvalue weighted by atomic mass is 19.4. The van der Waals surface area contributed by atoms with Gasteiger partial charge in [-0.2, -0.15) is 18.3 Å². The first-order valence-electron chi connectivity index (χ1n) is 35.5. The Morgan fingerprint density at radius 3 is 2.02 bits per heavy atom. The first-order valence-corrected chi connectivity index (χ1v) is 35.5. The van der Waals surface area contributed by atoms with Crippen LogP contribution in [-0.4, -0.2) is 188 Å². The van der Waals surface area contributed by atoms with E-state index in [9.17, 15) is 62.1 Å². The Balaban J connectivity index is 0.801. The van der Waals surface area contributed by atoms with Gasteiger partial charge in [0.15, 0.2) is 22.9 Å². The molecule has 3 aromatic carbocycles. The summed E-state index contributed by atoms with van der Waals surface area (Å²) < 4.78 is 86.5. The number of aromatic nitrogens is 2. The topological polar surface area (TPSA) is 353 Å². The molecule has 570 valence electrons. The van der Waals surface area contributed by atoms with Crippen molar-refractivity contribution in [2.24, 2.45) is 27.9 Å². The molecule has 3 saturated carbocycles. The van der Waals surface area contributed by atoms with E-state index in [0.29, 0.717) is 57.9 Å². The number of nitrogens with two attached hydrogens (primary N) is 1. The van der Waals surface area contributed by atoms with E-state index in [0.717, 1.165) is 11.6 Å². The molecule has 11 atom stereocenters. The third-order valence-corrected chi connectivity index (χ3v) is 21.8. The Labute approximate surface area is 607 Å². The number of alkyl carbamates (subject to hydrolysis) is 1. The number of Topliss-reactive ketones (excluding diaryl/α,β-unsaturated/α-hetero) is 2. The number of alkyl halides is 3. The smallest absolute Gasteiger partial charge is 0.435 e. The van der Waals surface area contributed by atoms with Gasteiger partial charge < -0.3 is 74.6 Å². The largest absolute Gasteiger partial charge is 0.455 e. The number of nitrogens with zero attached hydrogens (tertiary/aromatic N) is 4. The SMILES string of the molecule is CC(=O)O[C@@]12CO[C@@H]1C[C@H](O)[C@@]1(C)C(=O)[C@H](O)C3=C(C)[C@@H](OC(=O)[C@H](OC(=O)N(C)CCCCCCN(C)C(=O)OC4CCC(Nc5cc(-n6nc(C(F)(F)F)c7c6CC(C)(C)CC7=O)ccc5C(N)=O)CC4)[C@@H](NC(=O)OC(C)(C)C)c4ccccc4)CC(O)([C@@H](OC(=O)c4ccccc4)[C@H]21)C3(C)C. The number of primary amides is 1. The van der Waals surface area contributed by atoms with Crippen LogP contribution in [0.1, 0.15) is 194 Å². The highest BCUT2D eigenvalue weighted by Gasteiger charge is 2.78. The number of aliphatic hydroxyl groups is 3. The Hall–Kier alpha value is -8.93. The molecule has 26 nitrogen and oxygen atoms in total. The summed E-state index contributed by atoms with van der Waals surface area (Å²) in [7, 11) is 3.05. The van der Waals surface area contributed by atoms with E-state index in [4.69, 9.17) is 38.9 Å². The summed E-state index contributed by atoms with van der Waals surface area (Å²) in [5.74, 6) is -7.10. The van der Waals surface area contributed by atoms with E-state index in [1.165, 1.54) is 74.9 Å². The fourth-order valence-electron chi connectivity index (χ4n) is 16.2. The second-order valence-corrected chi connectivity index (χ2v) is 31.3. The summed E-state index contributed by atoms with van der Waals surface area (Å²) in [6.07, 6.45) is -15.1. The Bertz CT molecular complexity index is 4020. The lowest BCUT2D eigenvalue weighted by atomic mass is 9.44. The summed E-state index contributed by atoms with van der Waals surface area (Å²) in [5, 5.41) is 48.6. The molecule has 105 heavy (non-hydrogen) atoms. The van der Waals surface area contributed by atoms with Crippen LogP contribution in [0.5, 0.6) is 0 Å². The molecule has 6 aliphatic rings. The standard InChI is InChI=1S/C76H96F3N7O19/c1-41-52(39-75(98)63(103-65(93)44-25-19-16-20-26-44)60-73(10,62(91)58(90)56(41)72(75,8)9)53(89)36-54-74(60,40-99-54)104-42(2)87)101-66(94)59(57(43-23-17-15-18-24-43)82-67(95)105-70(3,4)5)102-69(97)85(12)34-22-14-13-21-33-84(11)68(96)100-47-30-27-45(28-31-47)81-49-35-46(29-32-48(49)64(80)92)86-50-37-71(6,7)38-51(88)55(50)61(83-86)76(77,78)79/h15-20,23-26,29,32,35,45,47,52-54,57-60,63,81,89-90,98H,13-14,21-22,27-28,30-31,33-34,36-40H2,1-12H3,(H2,80,92)(H,82,95)/t45?,47?,52-,53-,54+,57-,58+,59+,60-,63-,73+,74-,75?/m0/s1. The van der Waals surface area contributed by atoms with Gasteiger partial charge in [0.2, 0.25) is 6.10 Å². The number of esters is 3. The molecular formula is C76H96F3N7O19. The fourth-order valence-corrected chi connectivity index (χ4v) is 16.2. The second kappa shape index (κ2) is 30.1. The predicted octanol–water partition coefficient (Wildman–Crippen LogP) is 9.85. The minimum absolute atomic E-state index is 0.0240. The zero-order valence-corrected chi connectivity index (χ0v) is 61.3. The normalized spacial score (nSPS) is 27.3. The maximum absolute atomic E-state index is 15.5. The number of hydrogen-bond acceptors (Lipinski definition) is 21. The third-order valence-electron chi connectivity index (χ3n) is 21.8. The van der Waals surface area contributed by atoms with Crippen molar-refractivity contribution in [1.82, 2.24) is 24.9 Å². The van der Waals surface area contributed by atoms with Crippen molar-refractivity contribution in [3.05, 3.63) is 124 Å². The molecule has 0 spiro atoms. The molecular weight excluding hydrogens is 1370 g/mol. The zero-order chi connectivity index (χ0) is 76.8. The minimum Gasteiger partial charge on any atom is -0.455 e. The number of ether oxygens (including phenoxy) is 7. The van der Waals surface area contributed by atoms with Crippen molar-refractivity contribution in [2.45, 2.75) is 224 Å². The number of halogens is 3. The average molecular weight is 1470 g/mol. The number of aliphatic hydroxyl groups excluding tert-OH is 2. The maximum atomic E-state index is 15.5. The summed E-state index contributed by atoms with van der Waals surface area (Å²) in [6, 6.07) is 18.4. The molecule has 1 saturated heterocycles. The highest BCUT2D eigenvalue weighted by molar-refractivity contribution is 6.01. The monoisotopic (exact) mass is 1470 g/mol. The van der Waals surface area contributed by atoms with Gasteiger partial charge in [0.1, 0.15) is 47.8 Å². The number of benzene rings is 3. The van der Waals surface area contributed by atoms with Crippen LogP contribution in [0, 0.1) is 22.2 Å². The van der Waals surface area contributed by atoms with E-state index in [2.05, 4.69) is 15.7 Å². The predicted molar refractivity (Wildman–Crippen MR) is 371 cm³/mol. The lowest BCUT2D eigenvalue weighted by Crippen LogP contribution is -2.81. The summed E-state index contributed by atoms with van der Waals surface area (Å²) in [4.78, 5) is 129. The number of carbonyl (C=O) groups excluding carboxylic acids is 9. The van der Waals surface area contributed by atoms with Gasteiger partial charge >= 0.3 is 42.4 Å². The molecule has 4 aromatic rings. The molecule has 10 rings (SSSR count). The molecule has 4 fully saturated rings. The van der Waals surface area contributed by atoms with Crippen molar-refractivity contribution < 1.29 is 105 Å². The Kier molecular flexibility index (Phi) is 22.6. The van der Waals surface area contributed by atoms with Gasteiger partial charge in [0.25, 0.3) is 5.91 Å². The molecule has 7 N–H and O–H groups in total. The molecule has 2 bridgehead atoms. The van der Waals surface area contributed by atoms with Crippen LogP contribution in [-0.2, 0) is 60.1 Å². The number of carbonyl (C=O) groups is 9. The van der Waals surface area contributed by atoms with Gasteiger partial charge in [-0.25, -0.2) is 28.7 Å². The Morgan fingerprint density at radius 1 is 0.819 bits per heavy atom. The number of hydrogen-bond donors (Lipinski definition) is 6. The number of unbranched alkanes of at least 4 members (excludes halogenated alkanes) is 3. The highest BCUT2D eigenvalue weighted by Crippen LogP contribution is 2.64. The minimum atomic E-state index is -4.89. The number of fused-ring (bicyclic) bond motifs is 6. The summed E-state index contributed by atoms with van der Waals surface area (Å²) in [5.41, 5.74) is -4.95. The van der Waals surface area contributed by atoms with Crippen molar-refractivity contribution in [1.29, 1.82) is 0 Å². The molecule has 1 aromatic heterocycles. The van der Waals surface area contributed by atoms with Gasteiger partial charge in [-0.1, -0.05) is 89.1 Å². The van der Waals surface area contributed by atoms with Crippen LogP contribution < -0.4 is 16.4 Å². The molecule has 2 heterocycles. The molecule has 29 heteroatoms. The van der Waals surface area contributed by atoms with E-state index in [-0.39, 0.29) is 83.4 Å². The second-order valence-electron chi connectivity index (χ2n) is 31.3. The van der Waals surface area contributed by atoms with Gasteiger partial charge in [-0.3, -0.25) is 19.2 Å². The average Bonchev–Trinajstić information content (AvgIpc) is 1.10. The van der Waals surface area contributed by atoms with Crippen LogP contribution >= 0.6 is 0 Å². The van der Waals surface area contributed by atoms with Gasteiger partial charge in [0.05, 0.1) is 52.1 Å². The number of rotatable bonds is 21. The van der Waals surface area contributed by atoms with Gasteiger partial charge in [-0.15, -0.1) is 0 Å². The molecule has 1 aliphatic heterocycles. The molecule has 4 amide bonds. The van der Waals surface area contributed by atoms with Crippen molar-refractivity contribution >= 4 is 59.3 Å². The zero-order valence-electron chi connectivity index (χ0n) is 61.3. The Morgan fingerprint density at radius 2 is 1.44 bits per heavy atom. The van der Waals surface area contributed by atoms with E-state index < -0.39 is 165 Å². The third kappa shape index (κ3) is 16.0. The lowest BCUT2D eigenvalue weighted by Gasteiger charge is -2.67. The molecule has 5 aliphatic carbocycles. The number of amides is 4. The summed E-state index contributed by atoms with van der Waals surface area (Å²) >= 11 is 0. The number of ketones is 2. The first kappa shape index (κ1) is 78.7. The van der Waals surface area contributed by atoms with Crippen LogP contribution in [0.15, 0.2) is 90.0 Å². The van der Waals surface area contributed by atoms with E-state index >= 15 is 9.59 Å². The van der Waals surface area contributed by atoms with Crippen LogP contribution in [0.25, 0.3) is 5.69 Å². The van der Waals surface area contributed by atoms with Crippen molar-refractivity contribution in [2.75, 3.05) is 39.1 Å². The van der Waals surface area contributed by atoms with Crippen LogP contribution in [0.3, 0.4) is 0 Å². The summed E-state index contributed by atoms with van der Waals surface area (Å²) in [6.45, 7) is 15.5. The van der Waals surface area contributed by atoms with Crippen LogP contribution in [0.2, 0.25) is 0 Å². The van der Waals surface area contributed by atoms with Gasteiger partial charge in [0, 0.05) is 70.5 Å². The van der Waals surface area contributed by atoms with Crippen LogP contribution in [0.4, 0.5) is 33.2 Å². The first-order chi connectivity index (χ1) is 49.1. The van der Waals surface area contributed by atoms with Crippen molar-refractivity contribution in [3.63, 3.8) is 0 Å². The lowest BCUT2D eigenvalue weighted by molar-refractivity contribution is -0.346. The van der Waals surface area contributed by atoms with E-state index in [1.54, 1.807) is 90.2 Å². The maximum Gasteiger partial charge on any atom is 0.435 e. The van der Waals surface area contributed by atoms with Gasteiger partial charge in [-0.05, 0) is 132 Å². The quantitative estimate of drug-likeness (QED) is 0.0195. The van der Waals surface area contributed by atoms with Crippen molar-refractivity contribution in [3.8, 4) is 5.69 Å². The molecule has 0 radical (unpaired) electrons. The number of nitrogens with one attached hydrogen (secondary N) is 2.